The molecule has 0 radical (unpaired) electrons. The van der Waals surface area contributed by atoms with Crippen LogP contribution in [0.5, 0.6) is 0 Å². The van der Waals surface area contributed by atoms with Crippen LogP contribution in [0.4, 0.5) is 10.5 Å². The second-order valence-corrected chi connectivity index (χ2v) is 5.80. The molecule has 2 rings (SSSR count). The summed E-state index contributed by atoms with van der Waals surface area (Å²) in [6, 6.07) is 6.12. The molecule has 112 valence electrons. The topological polar surface area (TPSA) is 69.6 Å². The van der Waals surface area contributed by atoms with Gasteiger partial charge in [0.25, 0.3) is 0 Å². The van der Waals surface area contributed by atoms with Crippen LogP contribution in [-0.4, -0.2) is 41.2 Å². The Balaban J connectivity index is 2.02. The lowest BCUT2D eigenvalue weighted by molar-refractivity contribution is -0.138. The summed E-state index contributed by atoms with van der Waals surface area (Å²) in [4.78, 5) is 25.0. The number of amides is 2. The van der Waals surface area contributed by atoms with Crippen LogP contribution in [0.1, 0.15) is 5.56 Å². The largest absolute Gasteiger partial charge is 0.480 e. The summed E-state index contributed by atoms with van der Waals surface area (Å²) in [5, 5.41) is 12.1. The fourth-order valence-electron chi connectivity index (χ4n) is 2.32. The highest BCUT2D eigenvalue weighted by molar-refractivity contribution is 7.99. The lowest BCUT2D eigenvalue weighted by Crippen LogP contribution is -2.48. The lowest BCUT2D eigenvalue weighted by atomic mass is 10.1. The van der Waals surface area contributed by atoms with Gasteiger partial charge in [-0.3, -0.25) is 4.90 Å². The summed E-state index contributed by atoms with van der Waals surface area (Å²) in [5.74, 6) is 0.618. The summed E-state index contributed by atoms with van der Waals surface area (Å²) < 4.78 is 0. The smallest absolute Gasteiger partial charge is 0.327 e. The molecule has 6 heteroatoms. The maximum atomic E-state index is 12.3. The Morgan fingerprint density at radius 2 is 2.24 bits per heavy atom. The first-order valence-electron chi connectivity index (χ1n) is 6.71. The van der Waals surface area contributed by atoms with Crippen molar-refractivity contribution in [2.45, 2.75) is 12.5 Å². The van der Waals surface area contributed by atoms with Gasteiger partial charge < -0.3 is 10.4 Å². The molecule has 1 heterocycles. The molecule has 0 saturated carbocycles. The molecule has 0 bridgehead atoms. The van der Waals surface area contributed by atoms with Gasteiger partial charge in [0.1, 0.15) is 6.04 Å². The number of benzene rings is 1. The molecule has 1 aliphatic heterocycles. The van der Waals surface area contributed by atoms with Crippen molar-refractivity contribution in [3.05, 3.63) is 42.5 Å². The van der Waals surface area contributed by atoms with Gasteiger partial charge in [0.2, 0.25) is 0 Å². The van der Waals surface area contributed by atoms with Gasteiger partial charge in [-0.05, 0) is 11.6 Å². The van der Waals surface area contributed by atoms with E-state index in [-0.39, 0.29) is 6.03 Å². The standard InChI is InChI=1S/C15H18N2O3S/c1-2-8-21-9-7-16-15(20)17-12-6-4-3-5-11(12)10-13(17)14(18)19/h2-6,13H,1,7-10H2,(H,16,20)(H,18,19)/t13-/m0/s1. The van der Waals surface area contributed by atoms with E-state index in [0.29, 0.717) is 18.7 Å². The van der Waals surface area contributed by atoms with E-state index in [1.807, 2.05) is 24.3 Å². The number of thioether (sulfide) groups is 1. The molecule has 0 aliphatic carbocycles. The van der Waals surface area contributed by atoms with Gasteiger partial charge in [-0.25, -0.2) is 9.59 Å². The van der Waals surface area contributed by atoms with Crippen LogP contribution in [0.2, 0.25) is 0 Å². The van der Waals surface area contributed by atoms with Gasteiger partial charge in [-0.15, -0.1) is 6.58 Å². The Morgan fingerprint density at radius 3 is 2.95 bits per heavy atom. The second kappa shape index (κ2) is 7.17. The molecule has 0 aromatic heterocycles. The summed E-state index contributed by atoms with van der Waals surface area (Å²) in [7, 11) is 0. The van der Waals surface area contributed by atoms with Crippen LogP contribution in [0.25, 0.3) is 0 Å². The average Bonchev–Trinajstić information content (AvgIpc) is 2.86. The van der Waals surface area contributed by atoms with Crippen LogP contribution in [0, 0.1) is 0 Å². The number of anilines is 1. The highest BCUT2D eigenvalue weighted by atomic mass is 32.2. The van der Waals surface area contributed by atoms with Crippen molar-refractivity contribution in [2.75, 3.05) is 23.0 Å². The van der Waals surface area contributed by atoms with E-state index in [2.05, 4.69) is 11.9 Å². The van der Waals surface area contributed by atoms with Gasteiger partial charge in [0, 0.05) is 30.2 Å². The molecule has 0 fully saturated rings. The molecule has 2 N–H and O–H groups in total. The van der Waals surface area contributed by atoms with E-state index in [9.17, 15) is 14.7 Å². The Bertz CT molecular complexity index is 547. The number of para-hydroxylation sites is 1. The van der Waals surface area contributed by atoms with Crippen LogP contribution in [-0.2, 0) is 11.2 Å². The predicted molar refractivity (Wildman–Crippen MR) is 85.0 cm³/mol. The van der Waals surface area contributed by atoms with Crippen molar-refractivity contribution < 1.29 is 14.7 Å². The minimum absolute atomic E-state index is 0.351. The number of carbonyl (C=O) groups is 2. The number of urea groups is 1. The van der Waals surface area contributed by atoms with Crippen LogP contribution >= 0.6 is 11.8 Å². The van der Waals surface area contributed by atoms with Gasteiger partial charge in [0.15, 0.2) is 0 Å². The van der Waals surface area contributed by atoms with E-state index >= 15 is 0 Å². The van der Waals surface area contributed by atoms with E-state index < -0.39 is 12.0 Å². The number of nitrogens with zero attached hydrogens (tertiary/aromatic N) is 1. The highest BCUT2D eigenvalue weighted by Crippen LogP contribution is 2.32. The SMILES string of the molecule is C=CCSCCNC(=O)N1c2ccccc2C[C@H]1C(=O)O. The molecular weight excluding hydrogens is 288 g/mol. The Morgan fingerprint density at radius 1 is 1.48 bits per heavy atom. The molecule has 0 spiro atoms. The molecular formula is C15H18N2O3S. The lowest BCUT2D eigenvalue weighted by Gasteiger charge is -2.22. The third-order valence-electron chi connectivity index (χ3n) is 3.24. The molecule has 5 nitrogen and oxygen atoms in total. The van der Waals surface area contributed by atoms with Crippen molar-refractivity contribution in [3.8, 4) is 0 Å². The van der Waals surface area contributed by atoms with E-state index in [1.165, 1.54) is 4.90 Å². The molecule has 21 heavy (non-hydrogen) atoms. The molecule has 0 unspecified atom stereocenters. The Hall–Kier alpha value is -1.95. The monoisotopic (exact) mass is 306 g/mol. The third kappa shape index (κ3) is 3.58. The number of aliphatic carboxylic acids is 1. The van der Waals surface area contributed by atoms with E-state index in [1.54, 1.807) is 17.8 Å². The number of rotatable bonds is 6. The minimum atomic E-state index is -0.984. The number of carbonyl (C=O) groups excluding carboxylic acids is 1. The van der Waals surface area contributed by atoms with E-state index in [0.717, 1.165) is 17.1 Å². The normalized spacial score (nSPS) is 16.4. The van der Waals surface area contributed by atoms with Crippen LogP contribution in [0.3, 0.4) is 0 Å². The number of carboxylic acid groups (broad SMARTS) is 1. The summed E-state index contributed by atoms with van der Waals surface area (Å²) >= 11 is 1.66. The number of nitrogens with one attached hydrogen (secondary N) is 1. The first-order valence-corrected chi connectivity index (χ1v) is 7.87. The van der Waals surface area contributed by atoms with Crippen molar-refractivity contribution in [3.63, 3.8) is 0 Å². The van der Waals surface area contributed by atoms with Gasteiger partial charge in [-0.2, -0.15) is 11.8 Å². The van der Waals surface area contributed by atoms with Crippen molar-refractivity contribution >= 4 is 29.4 Å². The number of hydrogen-bond donors (Lipinski definition) is 2. The first kappa shape index (κ1) is 15.4. The predicted octanol–water partition coefficient (Wildman–Crippen LogP) is 2.13. The quantitative estimate of drug-likeness (QED) is 0.624. The van der Waals surface area contributed by atoms with Crippen LogP contribution in [0.15, 0.2) is 36.9 Å². The zero-order valence-electron chi connectivity index (χ0n) is 11.6. The van der Waals surface area contributed by atoms with Gasteiger partial charge in [0.05, 0.1) is 0 Å². The molecule has 1 aliphatic rings. The van der Waals surface area contributed by atoms with Crippen molar-refractivity contribution in [1.82, 2.24) is 5.32 Å². The Labute approximate surface area is 128 Å². The number of fused-ring (bicyclic) bond motifs is 1. The second-order valence-electron chi connectivity index (χ2n) is 4.65. The molecule has 1 atom stereocenters. The summed E-state index contributed by atoms with van der Waals surface area (Å²) in [6.07, 6.45) is 2.16. The molecule has 1 aromatic rings. The third-order valence-corrected chi connectivity index (χ3v) is 4.20. The Kier molecular flexibility index (Phi) is 5.27. The fourth-order valence-corrected chi connectivity index (χ4v) is 2.90. The van der Waals surface area contributed by atoms with E-state index in [4.69, 9.17) is 0 Å². The van der Waals surface area contributed by atoms with Gasteiger partial charge in [-0.1, -0.05) is 24.3 Å². The number of carboxylic acids is 1. The maximum Gasteiger partial charge on any atom is 0.327 e. The van der Waals surface area contributed by atoms with Crippen molar-refractivity contribution in [1.29, 1.82) is 0 Å². The molecule has 2 amide bonds. The molecule has 1 aromatic carbocycles. The van der Waals surface area contributed by atoms with Crippen LogP contribution < -0.4 is 10.2 Å². The average molecular weight is 306 g/mol. The van der Waals surface area contributed by atoms with Crippen molar-refractivity contribution in [2.24, 2.45) is 0 Å². The summed E-state index contributed by atoms with van der Waals surface area (Å²) in [5.41, 5.74) is 1.57. The highest BCUT2D eigenvalue weighted by Gasteiger charge is 2.38. The zero-order chi connectivity index (χ0) is 15.2. The first-order chi connectivity index (χ1) is 10.1. The minimum Gasteiger partial charge on any atom is -0.480 e. The zero-order valence-corrected chi connectivity index (χ0v) is 12.4. The summed E-state index contributed by atoms with van der Waals surface area (Å²) in [6.45, 7) is 4.13. The molecule has 0 saturated heterocycles. The maximum absolute atomic E-state index is 12.3. The number of hydrogen-bond acceptors (Lipinski definition) is 3. The fraction of sp³-hybridized carbons (Fsp3) is 0.333. The van der Waals surface area contributed by atoms with Gasteiger partial charge >= 0.3 is 12.0 Å².